The van der Waals surface area contributed by atoms with Gasteiger partial charge in [-0.1, -0.05) is 6.42 Å². The van der Waals surface area contributed by atoms with Crippen molar-refractivity contribution in [3.8, 4) is 6.07 Å². The third-order valence-electron chi connectivity index (χ3n) is 3.99. The van der Waals surface area contributed by atoms with Crippen LogP contribution in [0.2, 0.25) is 0 Å². The normalized spacial score (nSPS) is 15.5. The zero-order chi connectivity index (χ0) is 17.9. The van der Waals surface area contributed by atoms with Gasteiger partial charge in [-0.15, -0.1) is 0 Å². The second-order valence-electron chi connectivity index (χ2n) is 5.73. The summed E-state index contributed by atoms with van der Waals surface area (Å²) in [5.41, 5.74) is 0.965. The molecule has 1 amide bonds. The van der Waals surface area contributed by atoms with E-state index in [9.17, 15) is 13.2 Å². The summed E-state index contributed by atoms with van der Waals surface area (Å²) in [6.45, 7) is 0.936. The molecular formula is C17H17N3O4S. The molecule has 0 bridgehead atoms. The van der Waals surface area contributed by atoms with Gasteiger partial charge in [0.1, 0.15) is 0 Å². The minimum atomic E-state index is -3.71. The van der Waals surface area contributed by atoms with Gasteiger partial charge in [-0.2, -0.15) is 9.57 Å². The molecule has 3 rings (SSSR count). The Balaban J connectivity index is 1.73. The molecule has 7 nitrogen and oxygen atoms in total. The average molecular weight is 359 g/mol. The zero-order valence-electron chi connectivity index (χ0n) is 13.4. The quantitative estimate of drug-likeness (QED) is 0.903. The van der Waals surface area contributed by atoms with Gasteiger partial charge in [-0.25, -0.2) is 8.42 Å². The van der Waals surface area contributed by atoms with Crippen LogP contribution < -0.4 is 5.32 Å². The third-order valence-corrected chi connectivity index (χ3v) is 5.76. The van der Waals surface area contributed by atoms with E-state index in [1.807, 2.05) is 6.07 Å². The highest BCUT2D eigenvalue weighted by atomic mass is 32.2. The lowest BCUT2D eigenvalue weighted by Crippen LogP contribution is -2.35. The summed E-state index contributed by atoms with van der Waals surface area (Å²) in [6.07, 6.45) is 2.67. The van der Waals surface area contributed by atoms with Crippen LogP contribution in [0.1, 0.15) is 35.4 Å². The topological polar surface area (TPSA) is 103 Å². The summed E-state index contributed by atoms with van der Waals surface area (Å²) in [7, 11) is -3.71. The summed E-state index contributed by atoms with van der Waals surface area (Å²) in [6, 6.07) is 11.0. The summed E-state index contributed by atoms with van der Waals surface area (Å²) in [4.78, 5) is 12.2. The summed E-state index contributed by atoms with van der Waals surface area (Å²) in [5, 5.41) is 11.1. The standard InChI is InChI=1S/C17H17N3O4S/c18-12-13-4-6-14(7-5-13)19-17(21)15-8-9-16(24-15)25(22,23)20-10-2-1-3-11-20/h4-9H,1-3,10-11H2,(H,19,21). The molecule has 0 radical (unpaired) electrons. The van der Waals surface area contributed by atoms with Crippen LogP contribution in [0.4, 0.5) is 5.69 Å². The van der Waals surface area contributed by atoms with Gasteiger partial charge in [0.25, 0.3) is 15.9 Å². The Morgan fingerprint density at radius 1 is 1.08 bits per heavy atom. The lowest BCUT2D eigenvalue weighted by molar-refractivity contribution is 0.0991. The molecular weight excluding hydrogens is 342 g/mol. The molecule has 1 saturated heterocycles. The molecule has 1 N–H and O–H groups in total. The fourth-order valence-corrected chi connectivity index (χ4v) is 4.06. The molecule has 1 aromatic heterocycles. The van der Waals surface area contributed by atoms with Crippen LogP contribution in [0.15, 0.2) is 45.9 Å². The molecule has 8 heteroatoms. The predicted octanol–water partition coefficient (Wildman–Crippen LogP) is 2.58. The Kier molecular flexibility index (Phi) is 4.88. The fourth-order valence-electron chi connectivity index (χ4n) is 2.63. The van der Waals surface area contributed by atoms with E-state index in [4.69, 9.17) is 9.68 Å². The first-order valence-electron chi connectivity index (χ1n) is 7.92. The molecule has 0 spiro atoms. The number of furan rings is 1. The van der Waals surface area contributed by atoms with Crippen molar-refractivity contribution in [3.05, 3.63) is 47.7 Å². The van der Waals surface area contributed by atoms with Crippen LogP contribution in [0.5, 0.6) is 0 Å². The lowest BCUT2D eigenvalue weighted by Gasteiger charge is -2.24. The monoisotopic (exact) mass is 359 g/mol. The molecule has 0 atom stereocenters. The number of piperidine rings is 1. The minimum Gasteiger partial charge on any atom is -0.438 e. The van der Waals surface area contributed by atoms with Crippen LogP contribution in [-0.2, 0) is 10.0 Å². The number of nitrogens with zero attached hydrogens (tertiary/aromatic N) is 2. The van der Waals surface area contributed by atoms with E-state index < -0.39 is 15.9 Å². The van der Waals surface area contributed by atoms with Crippen molar-refractivity contribution in [3.63, 3.8) is 0 Å². The number of carbonyl (C=O) groups is 1. The van der Waals surface area contributed by atoms with Crippen molar-refractivity contribution in [2.24, 2.45) is 0 Å². The molecule has 0 saturated carbocycles. The molecule has 2 heterocycles. The number of nitrogens with one attached hydrogen (secondary N) is 1. The maximum atomic E-state index is 12.5. The zero-order valence-corrected chi connectivity index (χ0v) is 14.3. The van der Waals surface area contributed by atoms with E-state index in [-0.39, 0.29) is 10.9 Å². The van der Waals surface area contributed by atoms with Gasteiger partial charge < -0.3 is 9.73 Å². The molecule has 0 unspecified atom stereocenters. The number of anilines is 1. The first kappa shape index (κ1) is 17.2. The van der Waals surface area contributed by atoms with Gasteiger partial charge in [-0.05, 0) is 49.2 Å². The first-order valence-corrected chi connectivity index (χ1v) is 9.36. The van der Waals surface area contributed by atoms with Crippen LogP contribution >= 0.6 is 0 Å². The summed E-state index contributed by atoms with van der Waals surface area (Å²) >= 11 is 0. The number of hydrogen-bond donors (Lipinski definition) is 1. The number of carbonyl (C=O) groups excluding carboxylic acids is 1. The van der Waals surface area contributed by atoms with Crippen LogP contribution in [0, 0.1) is 11.3 Å². The Bertz CT molecular complexity index is 904. The number of hydrogen-bond acceptors (Lipinski definition) is 5. The molecule has 1 aromatic carbocycles. The molecule has 130 valence electrons. The molecule has 1 aliphatic heterocycles. The van der Waals surface area contributed by atoms with Crippen LogP contribution in [0.3, 0.4) is 0 Å². The van der Waals surface area contributed by atoms with E-state index in [0.717, 1.165) is 19.3 Å². The van der Waals surface area contributed by atoms with Gasteiger partial charge in [-0.3, -0.25) is 4.79 Å². The van der Waals surface area contributed by atoms with E-state index in [1.54, 1.807) is 24.3 Å². The maximum Gasteiger partial charge on any atom is 0.291 e. The van der Waals surface area contributed by atoms with E-state index >= 15 is 0 Å². The van der Waals surface area contributed by atoms with Crippen molar-refractivity contribution < 1.29 is 17.6 Å². The highest BCUT2D eigenvalue weighted by Crippen LogP contribution is 2.23. The van der Waals surface area contributed by atoms with E-state index in [1.165, 1.54) is 16.4 Å². The Labute approximate surface area is 145 Å². The minimum absolute atomic E-state index is 0.0834. The van der Waals surface area contributed by atoms with Crippen molar-refractivity contribution in [2.75, 3.05) is 18.4 Å². The SMILES string of the molecule is N#Cc1ccc(NC(=O)c2ccc(S(=O)(=O)N3CCCCC3)o2)cc1. The summed E-state index contributed by atoms with van der Waals surface area (Å²) < 4.78 is 31.7. The molecule has 2 aromatic rings. The second-order valence-corrected chi connectivity index (χ2v) is 7.60. The van der Waals surface area contributed by atoms with Crippen molar-refractivity contribution in [2.45, 2.75) is 24.4 Å². The maximum absolute atomic E-state index is 12.5. The number of amides is 1. The number of sulfonamides is 1. The molecule has 1 aliphatic rings. The Hall–Kier alpha value is -2.63. The predicted molar refractivity (Wildman–Crippen MR) is 90.4 cm³/mol. The third kappa shape index (κ3) is 3.73. The van der Waals surface area contributed by atoms with Gasteiger partial charge in [0, 0.05) is 18.8 Å². The first-order chi connectivity index (χ1) is 12.0. The van der Waals surface area contributed by atoms with Gasteiger partial charge in [0.05, 0.1) is 11.6 Å². The van der Waals surface area contributed by atoms with Crippen LogP contribution in [-0.4, -0.2) is 31.7 Å². The molecule has 1 fully saturated rings. The highest BCUT2D eigenvalue weighted by Gasteiger charge is 2.29. The highest BCUT2D eigenvalue weighted by molar-refractivity contribution is 7.89. The molecule has 25 heavy (non-hydrogen) atoms. The average Bonchev–Trinajstić information content (AvgIpc) is 3.14. The fraction of sp³-hybridized carbons (Fsp3) is 0.294. The van der Waals surface area contributed by atoms with Gasteiger partial charge >= 0.3 is 0 Å². The van der Waals surface area contributed by atoms with E-state index in [2.05, 4.69) is 5.32 Å². The van der Waals surface area contributed by atoms with Gasteiger partial charge in [0.2, 0.25) is 5.09 Å². The van der Waals surface area contributed by atoms with Crippen molar-refractivity contribution in [1.29, 1.82) is 5.26 Å². The Morgan fingerprint density at radius 2 is 1.76 bits per heavy atom. The molecule has 0 aliphatic carbocycles. The Morgan fingerprint density at radius 3 is 2.40 bits per heavy atom. The number of rotatable bonds is 4. The smallest absolute Gasteiger partial charge is 0.291 e. The summed E-state index contributed by atoms with van der Waals surface area (Å²) in [5.74, 6) is -0.634. The largest absolute Gasteiger partial charge is 0.438 e. The van der Waals surface area contributed by atoms with E-state index in [0.29, 0.717) is 24.3 Å². The second kappa shape index (κ2) is 7.09. The van der Waals surface area contributed by atoms with Crippen LogP contribution in [0.25, 0.3) is 0 Å². The lowest BCUT2D eigenvalue weighted by atomic mass is 10.2. The van der Waals surface area contributed by atoms with Gasteiger partial charge in [0.15, 0.2) is 5.76 Å². The number of nitriles is 1. The van der Waals surface area contributed by atoms with Crippen molar-refractivity contribution in [1.82, 2.24) is 4.31 Å². The number of benzene rings is 1. The van der Waals surface area contributed by atoms with Crippen molar-refractivity contribution >= 4 is 21.6 Å².